The van der Waals surface area contributed by atoms with E-state index in [0.717, 1.165) is 29.5 Å². The van der Waals surface area contributed by atoms with Gasteiger partial charge in [-0.15, -0.1) is 0 Å². The van der Waals surface area contributed by atoms with Gasteiger partial charge in [-0.25, -0.2) is 0 Å². The van der Waals surface area contributed by atoms with Gasteiger partial charge < -0.3 is 10.4 Å². The Morgan fingerprint density at radius 2 is 2.00 bits per heavy atom. The molecule has 2 rings (SSSR count). The van der Waals surface area contributed by atoms with Crippen LogP contribution < -0.4 is 5.32 Å². The Balaban J connectivity index is 2.09. The molecule has 0 amide bonds. The first-order valence-electron chi connectivity index (χ1n) is 6.78. The number of hydrogen-bond donors (Lipinski definition) is 2. The van der Waals surface area contributed by atoms with Crippen LogP contribution in [0.3, 0.4) is 0 Å². The van der Waals surface area contributed by atoms with Crippen LogP contribution in [0.25, 0.3) is 0 Å². The number of hydrogen-bond acceptors (Lipinski definition) is 2. The van der Waals surface area contributed by atoms with Gasteiger partial charge in [0.1, 0.15) is 0 Å². The third-order valence-corrected chi connectivity index (χ3v) is 4.28. The highest BCUT2D eigenvalue weighted by molar-refractivity contribution is 6.30. The third kappa shape index (κ3) is 3.39. The highest BCUT2D eigenvalue weighted by Gasteiger charge is 2.31. The summed E-state index contributed by atoms with van der Waals surface area (Å²) in [5.41, 5.74) is 0.890. The number of benzene rings is 1. The zero-order valence-corrected chi connectivity index (χ0v) is 11.7. The van der Waals surface area contributed by atoms with E-state index in [1.54, 1.807) is 0 Å². The predicted octanol–water partition coefficient (Wildman–Crippen LogP) is 4.08. The summed E-state index contributed by atoms with van der Waals surface area (Å²) < 4.78 is 0. The number of aliphatic hydroxyl groups is 1. The van der Waals surface area contributed by atoms with E-state index in [4.69, 9.17) is 11.6 Å². The van der Waals surface area contributed by atoms with E-state index in [0.29, 0.717) is 0 Å². The number of halogens is 1. The largest absolute Gasteiger partial charge is 0.394 e. The second-order valence-corrected chi connectivity index (χ2v) is 6.04. The Morgan fingerprint density at radius 1 is 1.28 bits per heavy atom. The van der Waals surface area contributed by atoms with Crippen LogP contribution in [0.5, 0.6) is 0 Å². The Bertz CT molecular complexity index is 379. The van der Waals surface area contributed by atoms with E-state index in [1.807, 2.05) is 24.3 Å². The molecule has 0 saturated heterocycles. The molecule has 0 radical (unpaired) electrons. The minimum absolute atomic E-state index is 0.154. The van der Waals surface area contributed by atoms with Gasteiger partial charge >= 0.3 is 0 Å². The molecule has 2 unspecified atom stereocenters. The number of rotatable bonds is 3. The molecule has 1 saturated carbocycles. The first kappa shape index (κ1) is 13.7. The summed E-state index contributed by atoms with van der Waals surface area (Å²) in [6, 6.07) is 7.73. The van der Waals surface area contributed by atoms with Crippen LogP contribution in [-0.2, 0) is 0 Å². The van der Waals surface area contributed by atoms with Gasteiger partial charge in [-0.2, -0.15) is 0 Å². The molecule has 1 aliphatic carbocycles. The zero-order valence-electron chi connectivity index (χ0n) is 11.0. The summed E-state index contributed by atoms with van der Waals surface area (Å²) in [6.45, 7) is 2.50. The Labute approximate surface area is 114 Å². The van der Waals surface area contributed by atoms with Crippen molar-refractivity contribution in [2.75, 3.05) is 11.9 Å². The molecule has 1 aromatic carbocycles. The quantitative estimate of drug-likeness (QED) is 0.809. The van der Waals surface area contributed by atoms with Crippen LogP contribution in [0, 0.1) is 5.92 Å². The molecule has 2 atom stereocenters. The SMILES string of the molecule is CC1CCCC(CO)(Nc2ccc(Cl)cc2)CC1. The van der Waals surface area contributed by atoms with Crippen LogP contribution in [0.4, 0.5) is 5.69 Å². The van der Waals surface area contributed by atoms with Gasteiger partial charge in [-0.05, 0) is 49.4 Å². The lowest BCUT2D eigenvalue weighted by Gasteiger charge is -2.33. The fourth-order valence-corrected chi connectivity index (χ4v) is 2.87. The molecule has 0 heterocycles. The summed E-state index contributed by atoms with van der Waals surface area (Å²) >= 11 is 5.89. The topological polar surface area (TPSA) is 32.3 Å². The van der Waals surface area contributed by atoms with Crippen molar-refractivity contribution in [3.05, 3.63) is 29.3 Å². The van der Waals surface area contributed by atoms with E-state index >= 15 is 0 Å². The van der Waals surface area contributed by atoms with Crippen molar-refractivity contribution in [2.24, 2.45) is 5.92 Å². The van der Waals surface area contributed by atoms with Crippen LogP contribution in [-0.4, -0.2) is 17.3 Å². The summed E-state index contributed by atoms with van der Waals surface area (Å²) in [5, 5.41) is 14.0. The molecule has 2 N–H and O–H groups in total. The van der Waals surface area contributed by atoms with Crippen LogP contribution in [0.2, 0.25) is 5.02 Å². The van der Waals surface area contributed by atoms with Gasteiger partial charge in [0, 0.05) is 10.7 Å². The van der Waals surface area contributed by atoms with Crippen molar-refractivity contribution in [3.8, 4) is 0 Å². The minimum atomic E-state index is -0.154. The molecule has 18 heavy (non-hydrogen) atoms. The molecule has 0 aromatic heterocycles. The monoisotopic (exact) mass is 267 g/mol. The summed E-state index contributed by atoms with van der Waals surface area (Å²) in [7, 11) is 0. The van der Waals surface area contributed by atoms with Crippen molar-refractivity contribution >= 4 is 17.3 Å². The van der Waals surface area contributed by atoms with Crippen molar-refractivity contribution in [3.63, 3.8) is 0 Å². The lowest BCUT2D eigenvalue weighted by molar-refractivity contribution is 0.195. The Hall–Kier alpha value is -0.730. The third-order valence-electron chi connectivity index (χ3n) is 4.02. The number of aliphatic hydroxyl groups excluding tert-OH is 1. The second-order valence-electron chi connectivity index (χ2n) is 5.61. The maximum Gasteiger partial charge on any atom is 0.0661 e. The second kappa shape index (κ2) is 5.94. The summed E-state index contributed by atoms with van der Waals surface area (Å²) in [6.07, 6.45) is 5.71. The average Bonchev–Trinajstić information content (AvgIpc) is 2.56. The van der Waals surface area contributed by atoms with Crippen molar-refractivity contribution in [1.82, 2.24) is 0 Å². The van der Waals surface area contributed by atoms with Crippen LogP contribution in [0.1, 0.15) is 39.0 Å². The normalized spacial score (nSPS) is 28.7. The smallest absolute Gasteiger partial charge is 0.0661 e. The van der Waals surface area contributed by atoms with E-state index in [2.05, 4.69) is 12.2 Å². The van der Waals surface area contributed by atoms with Gasteiger partial charge in [-0.3, -0.25) is 0 Å². The van der Waals surface area contributed by atoms with Crippen LogP contribution >= 0.6 is 11.6 Å². The average molecular weight is 268 g/mol. The number of anilines is 1. The van der Waals surface area contributed by atoms with Gasteiger partial charge in [0.25, 0.3) is 0 Å². The van der Waals surface area contributed by atoms with Crippen molar-refractivity contribution in [2.45, 2.75) is 44.6 Å². The highest BCUT2D eigenvalue weighted by atomic mass is 35.5. The molecular formula is C15H22ClNO. The summed E-state index contributed by atoms with van der Waals surface area (Å²) in [4.78, 5) is 0. The minimum Gasteiger partial charge on any atom is -0.394 e. The fraction of sp³-hybridized carbons (Fsp3) is 0.600. The molecule has 0 aliphatic heterocycles. The molecule has 0 bridgehead atoms. The molecule has 1 aliphatic rings. The maximum atomic E-state index is 9.78. The van der Waals surface area contributed by atoms with E-state index < -0.39 is 0 Å². The molecule has 3 heteroatoms. The van der Waals surface area contributed by atoms with Gasteiger partial charge in [0.15, 0.2) is 0 Å². The van der Waals surface area contributed by atoms with Crippen molar-refractivity contribution in [1.29, 1.82) is 0 Å². The van der Waals surface area contributed by atoms with Crippen molar-refractivity contribution < 1.29 is 5.11 Å². The first-order chi connectivity index (χ1) is 8.63. The number of nitrogens with one attached hydrogen (secondary N) is 1. The maximum absolute atomic E-state index is 9.78. The molecule has 1 fully saturated rings. The molecule has 1 aromatic rings. The fourth-order valence-electron chi connectivity index (χ4n) is 2.74. The Morgan fingerprint density at radius 3 is 2.67 bits per heavy atom. The van der Waals surface area contributed by atoms with Gasteiger partial charge in [0.2, 0.25) is 0 Å². The zero-order chi connectivity index (χ0) is 13.0. The molecular weight excluding hydrogens is 246 g/mol. The van der Waals surface area contributed by atoms with Crippen LogP contribution in [0.15, 0.2) is 24.3 Å². The lowest BCUT2D eigenvalue weighted by atomic mass is 9.90. The van der Waals surface area contributed by atoms with E-state index in [9.17, 15) is 5.11 Å². The van der Waals surface area contributed by atoms with E-state index in [-0.39, 0.29) is 12.1 Å². The summed E-state index contributed by atoms with van der Waals surface area (Å²) in [5.74, 6) is 0.769. The molecule has 100 valence electrons. The first-order valence-corrected chi connectivity index (χ1v) is 7.16. The molecule has 0 spiro atoms. The van der Waals surface area contributed by atoms with E-state index in [1.165, 1.54) is 19.3 Å². The molecule has 2 nitrogen and oxygen atoms in total. The Kier molecular flexibility index (Phi) is 4.52. The highest BCUT2D eigenvalue weighted by Crippen LogP contribution is 2.33. The predicted molar refractivity (Wildman–Crippen MR) is 77.1 cm³/mol. The lowest BCUT2D eigenvalue weighted by Crippen LogP contribution is -2.41. The van der Waals surface area contributed by atoms with Gasteiger partial charge in [0.05, 0.1) is 12.1 Å². The standard InChI is InChI=1S/C15H22ClNO/c1-12-3-2-9-15(11-18,10-8-12)17-14-6-4-13(16)5-7-14/h4-7,12,17-18H,2-3,8-11H2,1H3. The van der Waals surface area contributed by atoms with Gasteiger partial charge in [-0.1, -0.05) is 31.4 Å².